The van der Waals surface area contributed by atoms with Crippen LogP contribution in [0.4, 0.5) is 15.2 Å². The molecule has 0 saturated heterocycles. The molecule has 0 aliphatic carbocycles. The molecule has 31 heavy (non-hydrogen) atoms. The second-order valence-electron chi connectivity index (χ2n) is 6.84. The number of carbonyl (C=O) groups is 1. The van der Waals surface area contributed by atoms with Crippen molar-refractivity contribution in [1.29, 1.82) is 0 Å². The van der Waals surface area contributed by atoms with Crippen LogP contribution in [-0.2, 0) is 4.79 Å². The highest BCUT2D eigenvalue weighted by Crippen LogP contribution is 2.29. The molecule has 0 spiro atoms. The number of aliphatic imine (C=N–C) groups is 1. The lowest BCUT2D eigenvalue weighted by molar-refractivity contribution is -0.116. The van der Waals surface area contributed by atoms with Crippen molar-refractivity contribution in [2.24, 2.45) is 4.99 Å². The molecular weight excluding hydrogens is 413 g/mol. The molecule has 1 amide bonds. The summed E-state index contributed by atoms with van der Waals surface area (Å²) in [6.45, 7) is 0. The summed E-state index contributed by atoms with van der Waals surface area (Å²) in [5.74, 6) is -0.610. The van der Waals surface area contributed by atoms with Gasteiger partial charge in [0.05, 0.1) is 11.4 Å². The SMILES string of the molecule is O=C1Nc2ccccc2C(c2ccccc2)=NC1Nc1nnc(-c2ccc(F)cc2)s1. The number of nitrogens with zero attached hydrogens (tertiary/aromatic N) is 3. The van der Waals surface area contributed by atoms with Crippen molar-refractivity contribution >= 4 is 33.8 Å². The number of hydrogen-bond acceptors (Lipinski definition) is 6. The Hall–Kier alpha value is -3.91. The second kappa shape index (κ2) is 8.08. The third kappa shape index (κ3) is 3.93. The van der Waals surface area contributed by atoms with Crippen LogP contribution in [0, 0.1) is 5.82 Å². The van der Waals surface area contributed by atoms with Gasteiger partial charge in [0.25, 0.3) is 5.91 Å². The molecule has 1 unspecified atom stereocenters. The minimum absolute atomic E-state index is 0.295. The van der Waals surface area contributed by atoms with E-state index in [0.29, 0.717) is 21.5 Å². The summed E-state index contributed by atoms with van der Waals surface area (Å²) in [6.07, 6.45) is -0.892. The molecule has 8 heteroatoms. The average molecular weight is 429 g/mol. The van der Waals surface area contributed by atoms with E-state index in [1.54, 1.807) is 12.1 Å². The molecule has 0 fully saturated rings. The number of rotatable bonds is 4. The highest BCUT2D eigenvalue weighted by molar-refractivity contribution is 7.18. The summed E-state index contributed by atoms with van der Waals surface area (Å²) in [4.78, 5) is 17.6. The van der Waals surface area contributed by atoms with E-state index >= 15 is 0 Å². The van der Waals surface area contributed by atoms with Gasteiger partial charge in [0.1, 0.15) is 10.8 Å². The van der Waals surface area contributed by atoms with Crippen LogP contribution in [0.3, 0.4) is 0 Å². The number of aromatic nitrogens is 2. The third-order valence-corrected chi connectivity index (χ3v) is 5.67. The molecule has 6 nitrogen and oxygen atoms in total. The monoisotopic (exact) mass is 429 g/mol. The van der Waals surface area contributed by atoms with Crippen LogP contribution in [0.2, 0.25) is 0 Å². The molecule has 3 aromatic carbocycles. The first kappa shape index (κ1) is 19.1. The molecule has 0 radical (unpaired) electrons. The van der Waals surface area contributed by atoms with Gasteiger partial charge < -0.3 is 10.6 Å². The molecule has 5 rings (SSSR count). The maximum atomic E-state index is 13.2. The molecule has 1 aliphatic heterocycles. The lowest BCUT2D eigenvalue weighted by Crippen LogP contribution is -2.32. The Balaban J connectivity index is 1.49. The van der Waals surface area contributed by atoms with Crippen LogP contribution in [0.5, 0.6) is 0 Å². The summed E-state index contributed by atoms with van der Waals surface area (Å²) < 4.78 is 13.2. The molecule has 2 heterocycles. The maximum absolute atomic E-state index is 13.2. The Kier molecular flexibility index (Phi) is 4.97. The van der Waals surface area contributed by atoms with Gasteiger partial charge in [0.2, 0.25) is 11.3 Å². The minimum Gasteiger partial charge on any atom is -0.331 e. The van der Waals surface area contributed by atoms with Crippen LogP contribution in [0.25, 0.3) is 10.6 Å². The predicted octanol–water partition coefficient (Wildman–Crippen LogP) is 4.57. The third-order valence-electron chi connectivity index (χ3n) is 4.77. The Morgan fingerprint density at radius 2 is 1.61 bits per heavy atom. The Labute approximate surface area is 181 Å². The fourth-order valence-corrected chi connectivity index (χ4v) is 4.06. The predicted molar refractivity (Wildman–Crippen MR) is 120 cm³/mol. The summed E-state index contributed by atoms with van der Waals surface area (Å²) in [7, 11) is 0. The van der Waals surface area contributed by atoms with Crippen molar-refractivity contribution in [2.45, 2.75) is 6.17 Å². The lowest BCUT2D eigenvalue weighted by Gasteiger charge is -2.11. The van der Waals surface area contributed by atoms with E-state index in [9.17, 15) is 9.18 Å². The van der Waals surface area contributed by atoms with Gasteiger partial charge in [-0.15, -0.1) is 10.2 Å². The molecule has 4 aromatic rings. The van der Waals surface area contributed by atoms with Crippen molar-refractivity contribution in [3.05, 3.63) is 95.8 Å². The van der Waals surface area contributed by atoms with E-state index in [1.165, 1.54) is 23.5 Å². The number of hydrogen-bond donors (Lipinski definition) is 2. The Bertz CT molecular complexity index is 1270. The first-order valence-corrected chi connectivity index (χ1v) is 10.4. The van der Waals surface area contributed by atoms with Gasteiger partial charge in [-0.2, -0.15) is 0 Å². The lowest BCUT2D eigenvalue weighted by atomic mass is 10.0. The van der Waals surface area contributed by atoms with Crippen molar-refractivity contribution in [3.63, 3.8) is 0 Å². The topological polar surface area (TPSA) is 79.3 Å². The number of carbonyl (C=O) groups excluding carboxylic acids is 1. The fraction of sp³-hybridized carbons (Fsp3) is 0.0435. The Morgan fingerprint density at radius 3 is 2.42 bits per heavy atom. The van der Waals surface area contributed by atoms with Crippen LogP contribution in [-0.4, -0.2) is 28.0 Å². The molecular formula is C23H16FN5OS. The van der Waals surface area contributed by atoms with Gasteiger partial charge in [-0.25, -0.2) is 9.38 Å². The minimum atomic E-state index is -0.892. The van der Waals surface area contributed by atoms with E-state index in [-0.39, 0.29) is 11.7 Å². The average Bonchev–Trinajstić information content (AvgIpc) is 3.21. The molecule has 1 aromatic heterocycles. The van der Waals surface area contributed by atoms with E-state index in [1.807, 2.05) is 54.6 Å². The van der Waals surface area contributed by atoms with Gasteiger partial charge in [-0.1, -0.05) is 59.9 Å². The van der Waals surface area contributed by atoms with Crippen LogP contribution >= 0.6 is 11.3 Å². The molecule has 1 atom stereocenters. The highest BCUT2D eigenvalue weighted by atomic mass is 32.1. The number of anilines is 2. The van der Waals surface area contributed by atoms with Crippen molar-refractivity contribution in [2.75, 3.05) is 10.6 Å². The van der Waals surface area contributed by atoms with Crippen LogP contribution in [0.15, 0.2) is 83.9 Å². The van der Waals surface area contributed by atoms with Crippen LogP contribution in [0.1, 0.15) is 11.1 Å². The number of amides is 1. The number of benzodiazepines with no additional fused rings is 1. The molecule has 1 aliphatic rings. The largest absolute Gasteiger partial charge is 0.331 e. The second-order valence-corrected chi connectivity index (χ2v) is 7.82. The van der Waals surface area contributed by atoms with Gasteiger partial charge in [0.15, 0.2) is 0 Å². The van der Waals surface area contributed by atoms with E-state index in [4.69, 9.17) is 4.99 Å². The van der Waals surface area contributed by atoms with Gasteiger partial charge in [-0.05, 0) is 30.3 Å². The molecule has 0 saturated carbocycles. The normalized spacial score (nSPS) is 15.5. The first-order valence-electron chi connectivity index (χ1n) is 9.57. The number of halogens is 1. The summed E-state index contributed by atoms with van der Waals surface area (Å²) in [6, 6.07) is 23.3. The van der Waals surface area contributed by atoms with Crippen LogP contribution < -0.4 is 10.6 Å². The number of fused-ring (bicyclic) bond motifs is 1. The van der Waals surface area contributed by atoms with E-state index in [0.717, 1.165) is 16.7 Å². The molecule has 152 valence electrons. The maximum Gasteiger partial charge on any atom is 0.269 e. The zero-order chi connectivity index (χ0) is 21.2. The first-order chi connectivity index (χ1) is 15.2. The van der Waals surface area contributed by atoms with Crippen molar-refractivity contribution in [3.8, 4) is 10.6 Å². The van der Waals surface area contributed by atoms with Gasteiger partial charge in [-0.3, -0.25) is 4.79 Å². The van der Waals surface area contributed by atoms with E-state index in [2.05, 4.69) is 20.8 Å². The molecule has 2 N–H and O–H groups in total. The Morgan fingerprint density at radius 1 is 0.871 bits per heavy atom. The summed E-state index contributed by atoms with van der Waals surface area (Å²) in [5.41, 5.74) is 3.90. The zero-order valence-corrected chi connectivity index (χ0v) is 16.9. The number of para-hydroxylation sites is 1. The summed E-state index contributed by atoms with van der Waals surface area (Å²) >= 11 is 1.27. The smallest absolute Gasteiger partial charge is 0.269 e. The van der Waals surface area contributed by atoms with Crippen molar-refractivity contribution < 1.29 is 9.18 Å². The highest BCUT2D eigenvalue weighted by Gasteiger charge is 2.26. The summed E-state index contributed by atoms with van der Waals surface area (Å²) in [5, 5.41) is 15.4. The van der Waals surface area contributed by atoms with Gasteiger partial charge in [0, 0.05) is 16.7 Å². The number of benzene rings is 3. The standard InChI is InChI=1S/C23H16FN5OS/c24-16-12-10-15(11-13-16)22-28-29-23(31-22)27-20-21(30)25-18-9-5-4-8-17(18)19(26-20)14-6-2-1-3-7-14/h1-13,20H,(H,25,30)(H,27,29). The molecule has 0 bridgehead atoms. The quantitative estimate of drug-likeness (QED) is 0.498. The van der Waals surface area contributed by atoms with Gasteiger partial charge >= 0.3 is 0 Å². The fourth-order valence-electron chi connectivity index (χ4n) is 3.29. The van der Waals surface area contributed by atoms with Crippen molar-refractivity contribution in [1.82, 2.24) is 10.2 Å². The van der Waals surface area contributed by atoms with E-state index < -0.39 is 6.17 Å². The number of nitrogens with one attached hydrogen (secondary N) is 2. The zero-order valence-electron chi connectivity index (χ0n) is 16.1.